The minimum atomic E-state index is -0.513. The van der Waals surface area contributed by atoms with Crippen LogP contribution in [0.2, 0.25) is 0 Å². The lowest BCUT2D eigenvalue weighted by molar-refractivity contribution is -0.157. The minimum Gasteiger partial charge on any atom is -0.460 e. The van der Waals surface area contributed by atoms with Gasteiger partial charge in [0.1, 0.15) is 5.60 Å². The van der Waals surface area contributed by atoms with Crippen molar-refractivity contribution in [3.8, 4) is 0 Å². The van der Waals surface area contributed by atoms with Gasteiger partial charge in [0.05, 0.1) is 6.42 Å². The number of nitrogens with one attached hydrogen (secondary N) is 1. The Labute approximate surface area is 102 Å². The van der Waals surface area contributed by atoms with E-state index in [0.29, 0.717) is 5.92 Å². The third kappa shape index (κ3) is 5.68. The SMILES string of the molecule is CC(C)(C)OC(=O)C[C@@H](CC1CC1)C(=O)NN. The van der Waals surface area contributed by atoms with Crippen molar-refractivity contribution >= 4 is 11.9 Å². The largest absolute Gasteiger partial charge is 0.460 e. The van der Waals surface area contributed by atoms with Crippen LogP contribution in [0.4, 0.5) is 0 Å². The Morgan fingerprint density at radius 2 is 2.00 bits per heavy atom. The number of hydrogen-bond acceptors (Lipinski definition) is 4. The third-order valence-electron chi connectivity index (χ3n) is 2.66. The van der Waals surface area contributed by atoms with Gasteiger partial charge in [0.15, 0.2) is 0 Å². The fraction of sp³-hybridized carbons (Fsp3) is 0.833. The maximum atomic E-state index is 11.6. The second-order valence-corrected chi connectivity index (χ2v) is 5.68. The number of amides is 1. The van der Waals surface area contributed by atoms with Gasteiger partial charge in [0, 0.05) is 5.92 Å². The van der Waals surface area contributed by atoms with Gasteiger partial charge >= 0.3 is 5.97 Å². The van der Waals surface area contributed by atoms with Crippen LogP contribution in [0.25, 0.3) is 0 Å². The lowest BCUT2D eigenvalue weighted by Gasteiger charge is -2.21. The molecule has 0 bridgehead atoms. The summed E-state index contributed by atoms with van der Waals surface area (Å²) in [7, 11) is 0. The standard InChI is InChI=1S/C12H22N2O3/c1-12(2,3)17-10(15)7-9(11(16)14-13)6-8-4-5-8/h8-9H,4-7,13H2,1-3H3,(H,14,16)/t9-/m1/s1. The molecule has 0 aliphatic heterocycles. The Morgan fingerprint density at radius 1 is 1.41 bits per heavy atom. The van der Waals surface area contributed by atoms with Crippen LogP contribution < -0.4 is 11.3 Å². The molecule has 0 spiro atoms. The fourth-order valence-electron chi connectivity index (χ4n) is 1.74. The van der Waals surface area contributed by atoms with Crippen molar-refractivity contribution in [2.24, 2.45) is 17.7 Å². The van der Waals surface area contributed by atoms with E-state index in [4.69, 9.17) is 10.6 Å². The topological polar surface area (TPSA) is 81.4 Å². The smallest absolute Gasteiger partial charge is 0.307 e. The second-order valence-electron chi connectivity index (χ2n) is 5.68. The van der Waals surface area contributed by atoms with Crippen LogP contribution >= 0.6 is 0 Å². The molecule has 0 radical (unpaired) electrons. The van der Waals surface area contributed by atoms with Gasteiger partial charge in [0.2, 0.25) is 5.91 Å². The maximum absolute atomic E-state index is 11.6. The molecule has 1 fully saturated rings. The lowest BCUT2D eigenvalue weighted by atomic mass is 9.97. The molecule has 1 amide bonds. The first-order chi connectivity index (χ1) is 7.81. The van der Waals surface area contributed by atoms with Crippen molar-refractivity contribution < 1.29 is 14.3 Å². The summed E-state index contributed by atoms with van der Waals surface area (Å²) < 4.78 is 5.21. The molecule has 5 nitrogen and oxygen atoms in total. The Hall–Kier alpha value is -1.10. The van der Waals surface area contributed by atoms with Gasteiger partial charge < -0.3 is 4.74 Å². The highest BCUT2D eigenvalue weighted by Crippen LogP contribution is 2.36. The van der Waals surface area contributed by atoms with E-state index in [9.17, 15) is 9.59 Å². The number of hydrazine groups is 1. The summed E-state index contributed by atoms with van der Waals surface area (Å²) in [5, 5.41) is 0. The van der Waals surface area contributed by atoms with E-state index in [1.807, 2.05) is 20.8 Å². The quantitative estimate of drug-likeness (QED) is 0.328. The van der Waals surface area contributed by atoms with Gasteiger partial charge in [-0.05, 0) is 33.1 Å². The van der Waals surface area contributed by atoms with Crippen molar-refractivity contribution in [1.29, 1.82) is 0 Å². The number of carbonyl (C=O) groups excluding carboxylic acids is 2. The maximum Gasteiger partial charge on any atom is 0.307 e. The predicted octanol–water partition coefficient (Wildman–Crippen LogP) is 1.12. The lowest BCUT2D eigenvalue weighted by Crippen LogP contribution is -2.38. The van der Waals surface area contributed by atoms with E-state index in [-0.39, 0.29) is 24.2 Å². The zero-order valence-electron chi connectivity index (χ0n) is 10.8. The second kappa shape index (κ2) is 5.49. The summed E-state index contributed by atoms with van der Waals surface area (Å²) in [6.07, 6.45) is 3.12. The van der Waals surface area contributed by atoms with Crippen molar-refractivity contribution in [1.82, 2.24) is 5.43 Å². The Balaban J connectivity index is 2.46. The highest BCUT2D eigenvalue weighted by molar-refractivity contribution is 5.83. The van der Waals surface area contributed by atoms with Gasteiger partial charge in [-0.25, -0.2) is 5.84 Å². The first-order valence-electron chi connectivity index (χ1n) is 6.04. The summed E-state index contributed by atoms with van der Waals surface area (Å²) in [6.45, 7) is 5.43. The molecule has 1 aliphatic carbocycles. The molecule has 0 unspecified atom stereocenters. The van der Waals surface area contributed by atoms with Crippen LogP contribution in [-0.2, 0) is 14.3 Å². The number of esters is 1. The summed E-state index contributed by atoms with van der Waals surface area (Å²) in [5.41, 5.74) is 1.61. The Morgan fingerprint density at radius 3 is 2.41 bits per heavy atom. The van der Waals surface area contributed by atoms with Crippen LogP contribution in [0.3, 0.4) is 0 Å². The molecule has 17 heavy (non-hydrogen) atoms. The third-order valence-corrected chi connectivity index (χ3v) is 2.66. The Bertz CT molecular complexity index is 293. The highest BCUT2D eigenvalue weighted by Gasteiger charge is 2.31. The molecule has 1 atom stereocenters. The summed E-state index contributed by atoms with van der Waals surface area (Å²) in [5.74, 6) is 4.71. The van der Waals surface area contributed by atoms with Crippen LogP contribution in [-0.4, -0.2) is 17.5 Å². The van der Waals surface area contributed by atoms with Gasteiger partial charge in [-0.2, -0.15) is 0 Å². The molecule has 1 aliphatic rings. The average Bonchev–Trinajstić information content (AvgIpc) is 2.96. The van der Waals surface area contributed by atoms with Gasteiger partial charge in [-0.1, -0.05) is 12.8 Å². The van der Waals surface area contributed by atoms with E-state index in [1.54, 1.807) is 0 Å². The van der Waals surface area contributed by atoms with Crippen molar-refractivity contribution in [3.63, 3.8) is 0 Å². The van der Waals surface area contributed by atoms with Gasteiger partial charge in [-0.3, -0.25) is 15.0 Å². The van der Waals surface area contributed by atoms with E-state index >= 15 is 0 Å². The average molecular weight is 242 g/mol. The first kappa shape index (κ1) is 14.0. The molecule has 0 aromatic carbocycles. The molecule has 98 valence electrons. The van der Waals surface area contributed by atoms with Crippen LogP contribution in [0, 0.1) is 11.8 Å². The predicted molar refractivity (Wildman–Crippen MR) is 63.6 cm³/mol. The van der Waals surface area contributed by atoms with Crippen molar-refractivity contribution in [2.45, 2.75) is 52.1 Å². The van der Waals surface area contributed by atoms with E-state index in [1.165, 1.54) is 0 Å². The van der Waals surface area contributed by atoms with E-state index < -0.39 is 5.60 Å². The molecule has 0 aromatic heterocycles. The van der Waals surface area contributed by atoms with Gasteiger partial charge in [0.25, 0.3) is 0 Å². The molecule has 5 heteroatoms. The molecule has 0 heterocycles. The molecular formula is C12H22N2O3. The van der Waals surface area contributed by atoms with Crippen LogP contribution in [0.5, 0.6) is 0 Å². The number of ether oxygens (including phenoxy) is 1. The summed E-state index contributed by atoms with van der Waals surface area (Å²) in [6, 6.07) is 0. The van der Waals surface area contributed by atoms with Crippen molar-refractivity contribution in [3.05, 3.63) is 0 Å². The summed E-state index contributed by atoms with van der Waals surface area (Å²) in [4.78, 5) is 23.2. The molecule has 1 saturated carbocycles. The van der Waals surface area contributed by atoms with E-state index in [0.717, 1.165) is 19.3 Å². The number of carbonyl (C=O) groups is 2. The Kier molecular flexibility index (Phi) is 4.51. The molecule has 1 rings (SSSR count). The number of nitrogens with two attached hydrogens (primary N) is 1. The minimum absolute atomic E-state index is 0.108. The normalized spacial score (nSPS) is 17.4. The number of rotatable bonds is 5. The highest BCUT2D eigenvalue weighted by atomic mass is 16.6. The molecule has 0 aromatic rings. The number of hydrogen-bond donors (Lipinski definition) is 2. The molecule has 3 N–H and O–H groups in total. The van der Waals surface area contributed by atoms with Crippen LogP contribution in [0.15, 0.2) is 0 Å². The van der Waals surface area contributed by atoms with E-state index in [2.05, 4.69) is 5.43 Å². The fourth-order valence-corrected chi connectivity index (χ4v) is 1.74. The van der Waals surface area contributed by atoms with Crippen LogP contribution in [0.1, 0.15) is 46.5 Å². The van der Waals surface area contributed by atoms with Gasteiger partial charge in [-0.15, -0.1) is 0 Å². The molecular weight excluding hydrogens is 220 g/mol. The zero-order valence-corrected chi connectivity index (χ0v) is 10.8. The monoisotopic (exact) mass is 242 g/mol. The van der Waals surface area contributed by atoms with Crippen molar-refractivity contribution in [2.75, 3.05) is 0 Å². The summed E-state index contributed by atoms with van der Waals surface area (Å²) >= 11 is 0. The molecule has 0 saturated heterocycles. The first-order valence-corrected chi connectivity index (χ1v) is 6.04. The zero-order chi connectivity index (χ0) is 13.1.